The van der Waals surface area contributed by atoms with E-state index in [4.69, 9.17) is 32.7 Å². The highest BCUT2D eigenvalue weighted by Gasteiger charge is 2.15. The maximum absolute atomic E-state index is 12.1. The zero-order chi connectivity index (χ0) is 17.5. The van der Waals surface area contributed by atoms with E-state index in [9.17, 15) is 9.59 Å². The van der Waals surface area contributed by atoms with Crippen molar-refractivity contribution >= 4 is 41.2 Å². The van der Waals surface area contributed by atoms with E-state index in [1.165, 1.54) is 24.3 Å². The van der Waals surface area contributed by atoms with Gasteiger partial charge in [0.15, 0.2) is 5.75 Å². The monoisotopic (exact) mass is 364 g/mol. The molecule has 0 saturated heterocycles. The molecule has 0 unspecified atom stereocenters. The average molecular weight is 365 g/mol. The van der Waals surface area contributed by atoms with Gasteiger partial charge in [0.2, 0.25) is 0 Å². The first-order valence-electron chi connectivity index (χ1n) is 7.12. The Balaban J connectivity index is 2.18. The first-order valence-corrected chi connectivity index (χ1v) is 7.88. The van der Waals surface area contributed by atoms with Crippen LogP contribution in [0.2, 0.25) is 10.0 Å². The van der Waals surface area contributed by atoms with Gasteiger partial charge in [-0.05, 0) is 42.8 Å². The molecule has 0 fully saturated rings. The minimum absolute atomic E-state index is 0.0699. The van der Waals surface area contributed by atoms with E-state index in [-0.39, 0.29) is 15.8 Å². The Labute approximate surface area is 149 Å². The molecule has 2 rings (SSSR count). The molecule has 0 spiro atoms. The largest absolute Gasteiger partial charge is 0.463 e. The van der Waals surface area contributed by atoms with Gasteiger partial charge < -0.3 is 9.47 Å². The second kappa shape index (κ2) is 8.52. The lowest BCUT2D eigenvalue weighted by Crippen LogP contribution is -2.09. The van der Waals surface area contributed by atoms with Gasteiger partial charge in [0.1, 0.15) is 0 Å². The molecule has 0 radical (unpaired) electrons. The summed E-state index contributed by atoms with van der Waals surface area (Å²) in [5.74, 6) is -0.959. The van der Waals surface area contributed by atoms with Gasteiger partial charge >= 0.3 is 11.9 Å². The van der Waals surface area contributed by atoms with Gasteiger partial charge in [-0.15, -0.1) is 0 Å². The van der Waals surface area contributed by atoms with E-state index in [0.29, 0.717) is 17.7 Å². The number of rotatable bonds is 5. The smallest absolute Gasteiger partial charge is 0.343 e. The maximum Gasteiger partial charge on any atom is 0.343 e. The Kier molecular flexibility index (Phi) is 6.41. The summed E-state index contributed by atoms with van der Waals surface area (Å²) < 4.78 is 10.1. The molecule has 0 aromatic heterocycles. The topological polar surface area (TPSA) is 52.6 Å². The van der Waals surface area contributed by atoms with E-state index in [0.717, 1.165) is 0 Å². The molecule has 4 nitrogen and oxygen atoms in total. The van der Waals surface area contributed by atoms with Crippen LogP contribution in [0.25, 0.3) is 6.08 Å². The number of hydrogen-bond acceptors (Lipinski definition) is 4. The molecule has 6 heteroatoms. The molecular formula is C18H14Cl2O4. The van der Waals surface area contributed by atoms with Crippen molar-refractivity contribution in [2.45, 2.75) is 6.92 Å². The van der Waals surface area contributed by atoms with Gasteiger partial charge in [-0.1, -0.05) is 41.4 Å². The second-order valence-corrected chi connectivity index (χ2v) is 5.47. The standard InChI is InChI=1S/C18H14Cl2O4/c1-2-23-16(21)9-8-12-10-14(19)17(15(20)11-12)24-18(22)13-6-4-3-5-7-13/h3-11H,2H2,1H3/b9-8+. The fourth-order valence-corrected chi connectivity index (χ4v) is 2.43. The summed E-state index contributed by atoms with van der Waals surface area (Å²) in [5.41, 5.74) is 0.966. The molecule has 124 valence electrons. The number of carbonyl (C=O) groups excluding carboxylic acids is 2. The van der Waals surface area contributed by atoms with E-state index in [2.05, 4.69) is 0 Å². The third-order valence-corrected chi connectivity index (χ3v) is 3.48. The molecule has 0 heterocycles. The molecule has 0 N–H and O–H groups in total. The summed E-state index contributed by atoms with van der Waals surface area (Å²) in [7, 11) is 0. The Bertz CT molecular complexity index is 747. The summed E-state index contributed by atoms with van der Waals surface area (Å²) in [6.45, 7) is 2.01. The van der Waals surface area contributed by atoms with Crippen LogP contribution in [0.3, 0.4) is 0 Å². The molecule has 0 saturated carbocycles. The number of carbonyl (C=O) groups is 2. The summed E-state index contributed by atoms with van der Waals surface area (Å²) in [4.78, 5) is 23.4. The Morgan fingerprint density at radius 2 is 1.71 bits per heavy atom. The zero-order valence-electron chi connectivity index (χ0n) is 12.8. The minimum Gasteiger partial charge on any atom is -0.463 e. The van der Waals surface area contributed by atoms with Crippen LogP contribution < -0.4 is 4.74 Å². The van der Waals surface area contributed by atoms with Crippen LogP contribution in [0.1, 0.15) is 22.8 Å². The van der Waals surface area contributed by atoms with E-state index in [1.807, 2.05) is 0 Å². The van der Waals surface area contributed by atoms with Crippen LogP contribution >= 0.6 is 23.2 Å². The average Bonchev–Trinajstić information content (AvgIpc) is 2.57. The van der Waals surface area contributed by atoms with Crippen molar-refractivity contribution in [2.24, 2.45) is 0 Å². The van der Waals surface area contributed by atoms with Crippen molar-refractivity contribution < 1.29 is 19.1 Å². The second-order valence-electron chi connectivity index (χ2n) is 4.65. The van der Waals surface area contributed by atoms with Crippen LogP contribution in [-0.4, -0.2) is 18.5 Å². The fraction of sp³-hybridized carbons (Fsp3) is 0.111. The lowest BCUT2D eigenvalue weighted by molar-refractivity contribution is -0.137. The Hall–Kier alpha value is -2.30. The maximum atomic E-state index is 12.1. The molecule has 0 aliphatic carbocycles. The number of ether oxygens (including phenoxy) is 2. The molecular weight excluding hydrogens is 351 g/mol. The van der Waals surface area contributed by atoms with Gasteiger partial charge in [0.25, 0.3) is 0 Å². The minimum atomic E-state index is -0.561. The lowest BCUT2D eigenvalue weighted by Gasteiger charge is -2.09. The molecule has 2 aromatic carbocycles. The molecule has 0 amide bonds. The van der Waals surface area contributed by atoms with Crippen molar-refractivity contribution in [1.82, 2.24) is 0 Å². The van der Waals surface area contributed by atoms with Crippen LogP contribution in [0, 0.1) is 0 Å². The van der Waals surface area contributed by atoms with Gasteiger partial charge in [0, 0.05) is 6.08 Å². The van der Waals surface area contributed by atoms with Crippen molar-refractivity contribution in [1.29, 1.82) is 0 Å². The molecule has 2 aromatic rings. The van der Waals surface area contributed by atoms with Crippen molar-refractivity contribution in [2.75, 3.05) is 6.61 Å². The van der Waals surface area contributed by atoms with E-state index >= 15 is 0 Å². The number of halogens is 2. The third-order valence-electron chi connectivity index (χ3n) is 2.92. The number of hydrogen-bond donors (Lipinski definition) is 0. The molecule has 0 bridgehead atoms. The first kappa shape index (κ1) is 18.0. The predicted octanol–water partition coefficient (Wildman–Crippen LogP) is 4.79. The van der Waals surface area contributed by atoms with E-state index in [1.54, 1.807) is 37.3 Å². The summed E-state index contributed by atoms with van der Waals surface area (Å²) in [5, 5.41) is 0.325. The first-order chi connectivity index (χ1) is 11.5. The van der Waals surface area contributed by atoms with Crippen molar-refractivity contribution in [3.63, 3.8) is 0 Å². The van der Waals surface area contributed by atoms with Gasteiger partial charge in [-0.3, -0.25) is 0 Å². The zero-order valence-corrected chi connectivity index (χ0v) is 14.3. The van der Waals surface area contributed by atoms with Crippen LogP contribution in [-0.2, 0) is 9.53 Å². The quantitative estimate of drug-likeness (QED) is 0.434. The SMILES string of the molecule is CCOC(=O)/C=C/c1cc(Cl)c(OC(=O)c2ccccc2)c(Cl)c1. The Morgan fingerprint density at radius 3 is 2.29 bits per heavy atom. The summed E-state index contributed by atoms with van der Waals surface area (Å²) in [6.07, 6.45) is 2.78. The number of esters is 2. The van der Waals surface area contributed by atoms with Crippen molar-refractivity contribution in [3.05, 3.63) is 69.7 Å². The lowest BCUT2D eigenvalue weighted by atomic mass is 10.2. The van der Waals surface area contributed by atoms with Crippen LogP contribution in [0.5, 0.6) is 5.75 Å². The van der Waals surface area contributed by atoms with E-state index < -0.39 is 11.9 Å². The molecule has 0 atom stereocenters. The third kappa shape index (κ3) is 4.85. The van der Waals surface area contributed by atoms with Gasteiger partial charge in [0.05, 0.1) is 22.2 Å². The summed E-state index contributed by atoms with van der Waals surface area (Å²) >= 11 is 12.3. The Morgan fingerprint density at radius 1 is 1.08 bits per heavy atom. The van der Waals surface area contributed by atoms with Crippen molar-refractivity contribution in [3.8, 4) is 5.75 Å². The van der Waals surface area contributed by atoms with Gasteiger partial charge in [-0.25, -0.2) is 9.59 Å². The van der Waals surface area contributed by atoms with Crippen LogP contribution in [0.4, 0.5) is 0 Å². The highest BCUT2D eigenvalue weighted by molar-refractivity contribution is 6.37. The highest BCUT2D eigenvalue weighted by atomic mass is 35.5. The number of benzene rings is 2. The normalized spacial score (nSPS) is 10.6. The molecule has 0 aliphatic rings. The van der Waals surface area contributed by atoms with Crippen LogP contribution in [0.15, 0.2) is 48.5 Å². The summed E-state index contributed by atoms with van der Waals surface area (Å²) in [6, 6.07) is 11.6. The molecule has 24 heavy (non-hydrogen) atoms. The van der Waals surface area contributed by atoms with Gasteiger partial charge in [-0.2, -0.15) is 0 Å². The highest BCUT2D eigenvalue weighted by Crippen LogP contribution is 2.35. The fourth-order valence-electron chi connectivity index (χ4n) is 1.85. The molecule has 0 aliphatic heterocycles. The predicted molar refractivity (Wildman–Crippen MR) is 93.5 cm³/mol.